The first-order valence-electron chi connectivity index (χ1n) is 5.78. The predicted octanol–water partition coefficient (Wildman–Crippen LogP) is 3.56. The van der Waals surface area contributed by atoms with Gasteiger partial charge in [-0.1, -0.05) is 50.6 Å². The molecule has 0 aliphatic heterocycles. The highest BCUT2D eigenvalue weighted by Gasteiger charge is 2.12. The van der Waals surface area contributed by atoms with Gasteiger partial charge in [0.15, 0.2) is 0 Å². The smallest absolute Gasteiger partial charge is 0.328 e. The van der Waals surface area contributed by atoms with E-state index in [0.29, 0.717) is 6.42 Å². The van der Waals surface area contributed by atoms with E-state index in [0.717, 1.165) is 11.1 Å². The lowest BCUT2D eigenvalue weighted by atomic mass is 9.86. The van der Waals surface area contributed by atoms with Crippen LogP contribution < -0.4 is 0 Å². The van der Waals surface area contributed by atoms with Crippen molar-refractivity contribution >= 4 is 5.97 Å². The van der Waals surface area contributed by atoms with E-state index in [2.05, 4.69) is 45.0 Å². The Balaban J connectivity index is 2.79. The van der Waals surface area contributed by atoms with Crippen LogP contribution in [0.15, 0.2) is 35.9 Å². The van der Waals surface area contributed by atoms with Crippen molar-refractivity contribution in [3.8, 4) is 0 Å². The number of aliphatic carboxylic acids is 1. The van der Waals surface area contributed by atoms with Gasteiger partial charge >= 0.3 is 5.97 Å². The number of hydrogen-bond donors (Lipinski definition) is 1. The van der Waals surface area contributed by atoms with Gasteiger partial charge in [0.2, 0.25) is 0 Å². The first-order valence-corrected chi connectivity index (χ1v) is 5.78. The summed E-state index contributed by atoms with van der Waals surface area (Å²) in [6, 6.07) is 8.37. The van der Waals surface area contributed by atoms with Crippen LogP contribution in [0.4, 0.5) is 0 Å². The number of carboxylic acid groups (broad SMARTS) is 1. The molecule has 0 aliphatic rings. The fourth-order valence-electron chi connectivity index (χ4n) is 1.71. The summed E-state index contributed by atoms with van der Waals surface area (Å²) >= 11 is 0. The maximum atomic E-state index is 10.5. The molecule has 2 nitrogen and oxygen atoms in total. The van der Waals surface area contributed by atoms with Crippen molar-refractivity contribution in [1.82, 2.24) is 0 Å². The molecular formula is C15H20O2. The van der Waals surface area contributed by atoms with Crippen molar-refractivity contribution in [3.05, 3.63) is 47.0 Å². The Morgan fingerprint density at radius 1 is 1.24 bits per heavy atom. The van der Waals surface area contributed by atoms with Crippen LogP contribution in [0, 0.1) is 0 Å². The van der Waals surface area contributed by atoms with Gasteiger partial charge in [0.1, 0.15) is 0 Å². The summed E-state index contributed by atoms with van der Waals surface area (Å²) < 4.78 is 0. The number of carbonyl (C=O) groups is 1. The largest absolute Gasteiger partial charge is 0.478 e. The van der Waals surface area contributed by atoms with Crippen LogP contribution in [0.25, 0.3) is 0 Å². The topological polar surface area (TPSA) is 37.3 Å². The van der Waals surface area contributed by atoms with Crippen molar-refractivity contribution < 1.29 is 9.90 Å². The first kappa shape index (κ1) is 13.5. The van der Waals surface area contributed by atoms with Gasteiger partial charge in [0, 0.05) is 6.08 Å². The Morgan fingerprint density at radius 3 is 2.18 bits per heavy atom. The molecule has 0 heterocycles. The second-order valence-corrected chi connectivity index (χ2v) is 5.45. The minimum Gasteiger partial charge on any atom is -0.478 e. The summed E-state index contributed by atoms with van der Waals surface area (Å²) in [6.45, 7) is 8.37. The molecular weight excluding hydrogens is 212 g/mol. The lowest BCUT2D eigenvalue weighted by Gasteiger charge is -2.19. The third kappa shape index (κ3) is 4.43. The zero-order valence-electron chi connectivity index (χ0n) is 10.9. The molecule has 0 saturated carbocycles. The lowest BCUT2D eigenvalue weighted by molar-refractivity contribution is -0.131. The van der Waals surface area contributed by atoms with E-state index in [9.17, 15) is 4.79 Å². The summed E-state index contributed by atoms with van der Waals surface area (Å²) in [6.07, 6.45) is 1.95. The first-order chi connectivity index (χ1) is 7.79. The van der Waals surface area contributed by atoms with Crippen LogP contribution in [0.2, 0.25) is 0 Å². The number of rotatable bonds is 3. The van der Waals surface area contributed by atoms with Crippen LogP contribution >= 0.6 is 0 Å². The van der Waals surface area contributed by atoms with Gasteiger partial charge in [-0.25, -0.2) is 4.79 Å². The van der Waals surface area contributed by atoms with Crippen LogP contribution in [0.3, 0.4) is 0 Å². The molecule has 0 bridgehead atoms. The third-order valence-electron chi connectivity index (χ3n) is 2.67. The molecule has 0 aromatic heterocycles. The molecule has 17 heavy (non-hydrogen) atoms. The zero-order chi connectivity index (χ0) is 13.1. The number of benzene rings is 1. The molecule has 0 amide bonds. The van der Waals surface area contributed by atoms with Crippen molar-refractivity contribution in [2.45, 2.75) is 39.5 Å². The molecule has 92 valence electrons. The molecule has 0 aliphatic carbocycles. The van der Waals surface area contributed by atoms with E-state index >= 15 is 0 Å². The van der Waals surface area contributed by atoms with Crippen molar-refractivity contribution in [3.63, 3.8) is 0 Å². The maximum Gasteiger partial charge on any atom is 0.328 e. The third-order valence-corrected chi connectivity index (χ3v) is 2.67. The minimum absolute atomic E-state index is 0.157. The van der Waals surface area contributed by atoms with Gasteiger partial charge < -0.3 is 5.11 Å². The molecule has 1 aromatic rings. The van der Waals surface area contributed by atoms with Crippen molar-refractivity contribution in [1.29, 1.82) is 0 Å². The average molecular weight is 232 g/mol. The normalized spacial score (nSPS) is 12.6. The second-order valence-electron chi connectivity index (χ2n) is 5.45. The Hall–Kier alpha value is -1.57. The molecule has 1 aromatic carbocycles. The summed E-state index contributed by atoms with van der Waals surface area (Å²) in [5.74, 6) is -0.881. The van der Waals surface area contributed by atoms with Gasteiger partial charge in [0.05, 0.1) is 0 Å². The van der Waals surface area contributed by atoms with Gasteiger partial charge in [-0.15, -0.1) is 0 Å². The number of carboxylic acids is 1. The quantitative estimate of drug-likeness (QED) is 0.809. The van der Waals surface area contributed by atoms with Crippen LogP contribution in [0.1, 0.15) is 38.8 Å². The molecule has 0 radical (unpaired) electrons. The molecule has 0 atom stereocenters. The molecule has 0 spiro atoms. The van der Waals surface area contributed by atoms with E-state index in [1.165, 1.54) is 11.6 Å². The van der Waals surface area contributed by atoms with Crippen LogP contribution in [0.5, 0.6) is 0 Å². The molecule has 1 rings (SSSR count). The Morgan fingerprint density at radius 2 is 1.76 bits per heavy atom. The van der Waals surface area contributed by atoms with Gasteiger partial charge in [-0.2, -0.15) is 0 Å². The fourth-order valence-corrected chi connectivity index (χ4v) is 1.71. The van der Waals surface area contributed by atoms with E-state index in [4.69, 9.17) is 5.11 Å². The lowest BCUT2D eigenvalue weighted by Crippen LogP contribution is -2.10. The molecule has 0 saturated heterocycles. The van der Waals surface area contributed by atoms with Crippen molar-refractivity contribution in [2.75, 3.05) is 0 Å². The standard InChI is InChI=1S/C15H20O2/c1-11(10-14(16)17)9-12-5-7-13(8-6-12)15(2,3)4/h5-8,10H,9H2,1-4H3,(H,16,17)/b11-10+. The Bertz CT molecular complexity index is 419. The summed E-state index contributed by atoms with van der Waals surface area (Å²) in [4.78, 5) is 10.5. The zero-order valence-corrected chi connectivity index (χ0v) is 10.9. The summed E-state index contributed by atoms with van der Waals surface area (Å²) in [5, 5.41) is 8.64. The monoisotopic (exact) mass is 232 g/mol. The Kier molecular flexibility index (Phi) is 4.11. The SMILES string of the molecule is C/C(=C\C(=O)O)Cc1ccc(C(C)(C)C)cc1. The summed E-state index contributed by atoms with van der Waals surface area (Å²) in [5.41, 5.74) is 3.46. The average Bonchev–Trinajstić information content (AvgIpc) is 2.15. The van der Waals surface area contributed by atoms with E-state index in [1.807, 2.05) is 6.92 Å². The molecule has 1 N–H and O–H groups in total. The Labute approximate surface area is 103 Å². The fraction of sp³-hybridized carbons (Fsp3) is 0.400. The minimum atomic E-state index is -0.881. The molecule has 0 fully saturated rings. The van der Waals surface area contributed by atoms with Gasteiger partial charge in [-0.05, 0) is 29.9 Å². The predicted molar refractivity (Wildman–Crippen MR) is 70.2 cm³/mol. The molecule has 0 unspecified atom stereocenters. The number of hydrogen-bond acceptors (Lipinski definition) is 1. The van der Waals surface area contributed by atoms with Crippen LogP contribution in [-0.4, -0.2) is 11.1 Å². The molecule has 2 heteroatoms. The summed E-state index contributed by atoms with van der Waals surface area (Å²) in [7, 11) is 0. The second kappa shape index (κ2) is 5.17. The van der Waals surface area contributed by atoms with E-state index in [1.54, 1.807) is 0 Å². The highest BCUT2D eigenvalue weighted by atomic mass is 16.4. The van der Waals surface area contributed by atoms with Crippen molar-refractivity contribution in [2.24, 2.45) is 0 Å². The van der Waals surface area contributed by atoms with E-state index < -0.39 is 5.97 Å². The van der Waals surface area contributed by atoms with Gasteiger partial charge in [-0.3, -0.25) is 0 Å². The highest BCUT2D eigenvalue weighted by molar-refractivity contribution is 5.80. The van der Waals surface area contributed by atoms with Crippen LogP contribution in [-0.2, 0) is 16.6 Å². The highest BCUT2D eigenvalue weighted by Crippen LogP contribution is 2.22. The number of allylic oxidation sites excluding steroid dienone is 1. The van der Waals surface area contributed by atoms with E-state index in [-0.39, 0.29) is 5.41 Å². The van der Waals surface area contributed by atoms with Gasteiger partial charge in [0.25, 0.3) is 0 Å². The maximum absolute atomic E-state index is 10.5.